The number of hydrazone groups is 1. The quantitative estimate of drug-likeness (QED) is 0.367. The summed E-state index contributed by atoms with van der Waals surface area (Å²) in [4.78, 5) is 12.9. The first-order valence-electron chi connectivity index (χ1n) is 1.95. The minimum Gasteiger partial charge on any atom is -0.233 e. The van der Waals surface area contributed by atoms with Gasteiger partial charge in [0.15, 0.2) is 5.03 Å². The van der Waals surface area contributed by atoms with Crippen molar-refractivity contribution in [2.24, 2.45) is 20.3 Å². The molecule has 46 valence electrons. The first-order chi connectivity index (χ1) is 4.29. The molecule has 1 aliphatic heterocycles. The molecule has 0 spiro atoms. The molecule has 0 N–H and O–H groups in total. The van der Waals surface area contributed by atoms with Gasteiger partial charge in [0.1, 0.15) is 11.4 Å². The highest BCUT2D eigenvalue weighted by atomic mass is 16.7. The summed E-state index contributed by atoms with van der Waals surface area (Å²) in [5, 5.41) is 17.9. The predicted octanol–water partition coefficient (Wildman–Crippen LogP) is 0.0282. The maximum absolute atomic E-state index is 9.60. The van der Waals surface area contributed by atoms with E-state index in [-0.39, 0.29) is 5.96 Å². The SMILES string of the molecule is O=[N+]([O-])/N=C1/N=CN=N1. The normalized spacial score (nSPS) is 19.3. The van der Waals surface area contributed by atoms with Gasteiger partial charge in [-0.05, 0) is 0 Å². The smallest absolute Gasteiger partial charge is 0.233 e. The van der Waals surface area contributed by atoms with E-state index in [0.717, 1.165) is 6.34 Å². The number of hydrogen-bond acceptors (Lipinski definition) is 3. The van der Waals surface area contributed by atoms with Gasteiger partial charge >= 0.3 is 5.96 Å². The second kappa shape index (κ2) is 2.07. The van der Waals surface area contributed by atoms with Crippen LogP contribution in [0.25, 0.3) is 0 Å². The fourth-order valence-electron chi connectivity index (χ4n) is 0.300. The standard InChI is InChI=1S/C2HN5O2/c8-7(9)6-2-3-1-4-5-2/h1H/b6-2-. The molecule has 0 aromatic heterocycles. The van der Waals surface area contributed by atoms with Crippen LogP contribution < -0.4 is 0 Å². The maximum atomic E-state index is 9.60. The highest BCUT2D eigenvalue weighted by Crippen LogP contribution is 1.91. The lowest BCUT2D eigenvalue weighted by molar-refractivity contribution is -0.485. The van der Waals surface area contributed by atoms with Crippen LogP contribution >= 0.6 is 0 Å². The second-order valence-corrected chi connectivity index (χ2v) is 1.10. The van der Waals surface area contributed by atoms with Gasteiger partial charge in [-0.25, -0.2) is 10.1 Å². The Hall–Kier alpha value is -1.66. The molecule has 0 aromatic carbocycles. The van der Waals surface area contributed by atoms with Crippen LogP contribution in [0.1, 0.15) is 0 Å². The molecule has 1 rings (SSSR count). The second-order valence-electron chi connectivity index (χ2n) is 1.10. The molecule has 0 atom stereocenters. The molecule has 0 fully saturated rings. The molecule has 0 radical (unpaired) electrons. The lowest BCUT2D eigenvalue weighted by Gasteiger charge is -1.73. The van der Waals surface area contributed by atoms with Crippen LogP contribution in [0, 0.1) is 10.1 Å². The average molecular weight is 127 g/mol. The summed E-state index contributed by atoms with van der Waals surface area (Å²) in [6.07, 6.45) is 1.09. The molecule has 0 amide bonds. The van der Waals surface area contributed by atoms with Crippen molar-refractivity contribution in [1.82, 2.24) is 0 Å². The van der Waals surface area contributed by atoms with Gasteiger partial charge in [0.25, 0.3) is 0 Å². The van der Waals surface area contributed by atoms with Crippen LogP contribution in [0.5, 0.6) is 0 Å². The number of rotatable bonds is 1. The minimum absolute atomic E-state index is 0.222. The highest BCUT2D eigenvalue weighted by molar-refractivity contribution is 5.90. The lowest BCUT2D eigenvalue weighted by atomic mass is 11.1. The average Bonchev–Trinajstić information content (AvgIpc) is 2.15. The molecular weight excluding hydrogens is 126 g/mol. The van der Waals surface area contributed by atoms with Crippen molar-refractivity contribution in [3.05, 3.63) is 10.1 Å². The highest BCUT2D eigenvalue weighted by Gasteiger charge is 2.02. The summed E-state index contributed by atoms with van der Waals surface area (Å²) >= 11 is 0. The molecule has 1 aliphatic rings. The summed E-state index contributed by atoms with van der Waals surface area (Å²) in [6, 6.07) is 0. The van der Waals surface area contributed by atoms with Crippen molar-refractivity contribution in [3.8, 4) is 0 Å². The summed E-state index contributed by atoms with van der Waals surface area (Å²) in [7, 11) is 0. The predicted molar refractivity (Wildman–Crippen MR) is 27.8 cm³/mol. The van der Waals surface area contributed by atoms with Gasteiger partial charge in [-0.1, -0.05) is 0 Å². The fraction of sp³-hybridized carbons (Fsp3) is 0. The van der Waals surface area contributed by atoms with Crippen LogP contribution in [0.15, 0.2) is 20.3 Å². The summed E-state index contributed by atoms with van der Waals surface area (Å²) in [5.41, 5.74) is 0. The van der Waals surface area contributed by atoms with E-state index in [1.54, 1.807) is 0 Å². The molecular formula is C2HN5O2. The van der Waals surface area contributed by atoms with E-state index < -0.39 is 5.03 Å². The Bertz CT molecular complexity index is 201. The Balaban J connectivity index is 2.73. The largest absolute Gasteiger partial charge is 0.341 e. The van der Waals surface area contributed by atoms with E-state index in [0.29, 0.717) is 0 Å². The van der Waals surface area contributed by atoms with Crippen molar-refractivity contribution in [2.75, 3.05) is 0 Å². The topological polar surface area (TPSA) is 92.6 Å². The first-order valence-corrected chi connectivity index (χ1v) is 1.95. The van der Waals surface area contributed by atoms with Crippen LogP contribution in [-0.4, -0.2) is 17.3 Å². The van der Waals surface area contributed by atoms with Gasteiger partial charge in [0.2, 0.25) is 0 Å². The third-order valence-corrected chi connectivity index (χ3v) is 0.543. The molecule has 0 saturated heterocycles. The summed E-state index contributed by atoms with van der Waals surface area (Å²) in [5.74, 6) is -0.222. The maximum Gasteiger partial charge on any atom is 0.341 e. The van der Waals surface area contributed by atoms with Gasteiger partial charge in [0, 0.05) is 0 Å². The zero-order valence-corrected chi connectivity index (χ0v) is 4.13. The van der Waals surface area contributed by atoms with E-state index in [9.17, 15) is 10.1 Å². The van der Waals surface area contributed by atoms with Gasteiger partial charge in [-0.15, -0.1) is 10.2 Å². The number of azo groups is 1. The summed E-state index contributed by atoms with van der Waals surface area (Å²) in [6.45, 7) is 0. The Morgan fingerprint density at radius 3 is 3.00 bits per heavy atom. The first kappa shape index (κ1) is 5.48. The molecule has 0 aromatic rings. The molecule has 0 bridgehead atoms. The Kier molecular flexibility index (Phi) is 1.26. The number of aliphatic imine (C=N–C) groups is 1. The van der Waals surface area contributed by atoms with Crippen molar-refractivity contribution in [1.29, 1.82) is 0 Å². The van der Waals surface area contributed by atoms with Gasteiger partial charge in [0.05, 0.1) is 0 Å². The number of hydrogen-bond donors (Lipinski definition) is 0. The van der Waals surface area contributed by atoms with Crippen molar-refractivity contribution < 1.29 is 5.03 Å². The molecule has 0 saturated carbocycles. The van der Waals surface area contributed by atoms with Crippen LogP contribution in [0.4, 0.5) is 0 Å². The van der Waals surface area contributed by atoms with Gasteiger partial charge in [-0.3, -0.25) is 0 Å². The monoisotopic (exact) mass is 127 g/mol. The third kappa shape index (κ3) is 1.37. The van der Waals surface area contributed by atoms with Crippen LogP contribution in [0.2, 0.25) is 0 Å². The number of guanidine groups is 1. The molecule has 9 heavy (non-hydrogen) atoms. The van der Waals surface area contributed by atoms with Crippen LogP contribution in [0.3, 0.4) is 0 Å². The molecule has 1 heterocycles. The van der Waals surface area contributed by atoms with Crippen LogP contribution in [-0.2, 0) is 0 Å². The zero-order valence-electron chi connectivity index (χ0n) is 4.13. The van der Waals surface area contributed by atoms with Crippen molar-refractivity contribution in [3.63, 3.8) is 0 Å². The van der Waals surface area contributed by atoms with Crippen molar-refractivity contribution >= 4 is 12.3 Å². The Morgan fingerprint density at radius 1 is 1.78 bits per heavy atom. The van der Waals surface area contributed by atoms with Gasteiger partial charge in [-0.2, -0.15) is 4.99 Å². The fourth-order valence-corrected chi connectivity index (χ4v) is 0.300. The Labute approximate surface area is 49.0 Å². The molecule has 0 aliphatic carbocycles. The molecule has 0 unspecified atom stereocenters. The van der Waals surface area contributed by atoms with E-state index in [2.05, 4.69) is 20.3 Å². The Morgan fingerprint density at radius 2 is 2.56 bits per heavy atom. The minimum atomic E-state index is -0.878. The van der Waals surface area contributed by atoms with E-state index >= 15 is 0 Å². The number of nitro groups is 1. The summed E-state index contributed by atoms with van der Waals surface area (Å²) < 4.78 is 0. The number of nitrogens with zero attached hydrogens (tertiary/aromatic N) is 5. The lowest BCUT2D eigenvalue weighted by Crippen LogP contribution is -1.91. The zero-order chi connectivity index (χ0) is 6.69. The van der Waals surface area contributed by atoms with Crippen molar-refractivity contribution in [2.45, 2.75) is 0 Å². The van der Waals surface area contributed by atoms with E-state index in [1.807, 2.05) is 0 Å². The van der Waals surface area contributed by atoms with E-state index in [4.69, 9.17) is 0 Å². The third-order valence-electron chi connectivity index (χ3n) is 0.543. The molecule has 7 heteroatoms. The molecule has 7 nitrogen and oxygen atoms in total. The van der Waals surface area contributed by atoms with Gasteiger partial charge < -0.3 is 0 Å². The van der Waals surface area contributed by atoms with E-state index in [1.165, 1.54) is 0 Å².